The number of benzene rings is 2. The Morgan fingerprint density at radius 1 is 1.27 bits per heavy atom. The number of hydrogen-bond donors (Lipinski definition) is 1. The Hall–Kier alpha value is -2.74. The van der Waals surface area contributed by atoms with Gasteiger partial charge in [-0.3, -0.25) is 9.59 Å². The van der Waals surface area contributed by atoms with E-state index in [0.717, 1.165) is 24.1 Å². The number of para-hydroxylation sites is 1. The van der Waals surface area contributed by atoms with Crippen molar-refractivity contribution >= 4 is 33.4 Å². The molecule has 8 heteroatoms. The van der Waals surface area contributed by atoms with Gasteiger partial charge in [-0.15, -0.1) is 0 Å². The van der Waals surface area contributed by atoms with E-state index in [1.54, 1.807) is 21.2 Å². The first-order chi connectivity index (χ1) is 14.4. The highest BCUT2D eigenvalue weighted by Gasteiger charge is 2.42. The maximum atomic E-state index is 13.2. The number of halogens is 1. The Bertz CT molecular complexity index is 990. The van der Waals surface area contributed by atoms with Gasteiger partial charge in [0.15, 0.2) is 18.1 Å². The average molecular weight is 474 g/mol. The molecule has 0 aromatic heterocycles. The zero-order valence-corrected chi connectivity index (χ0v) is 18.7. The van der Waals surface area contributed by atoms with Crippen LogP contribution in [0.5, 0.6) is 11.5 Å². The molecule has 2 aromatic carbocycles. The first-order valence-electron chi connectivity index (χ1n) is 9.79. The Morgan fingerprint density at radius 2 is 2.00 bits per heavy atom. The third-order valence-corrected chi connectivity index (χ3v) is 5.90. The van der Waals surface area contributed by atoms with Crippen molar-refractivity contribution in [3.05, 3.63) is 52.0 Å². The summed E-state index contributed by atoms with van der Waals surface area (Å²) in [6, 6.07) is 11.6. The Labute approximate surface area is 184 Å². The SMILES string of the molecule is COc1cc([C@H]2Nc3ccccc3C(=O)N2C2CC2)cc(Br)c1OCC(=O)N(C)C. The number of rotatable bonds is 6. The molecule has 1 fully saturated rings. The predicted octanol–water partition coefficient (Wildman–Crippen LogP) is 3.65. The molecule has 2 aliphatic rings. The molecular formula is C22H24BrN3O4. The summed E-state index contributed by atoms with van der Waals surface area (Å²) in [5.74, 6) is 0.833. The maximum Gasteiger partial charge on any atom is 0.259 e. The summed E-state index contributed by atoms with van der Waals surface area (Å²) in [5, 5.41) is 3.51. The van der Waals surface area contributed by atoms with Crippen molar-refractivity contribution in [2.75, 3.05) is 33.1 Å². The first-order valence-corrected chi connectivity index (χ1v) is 10.6. The van der Waals surface area contributed by atoms with Gasteiger partial charge in [0.2, 0.25) is 0 Å². The highest BCUT2D eigenvalue weighted by molar-refractivity contribution is 9.10. The molecule has 1 saturated carbocycles. The molecule has 0 bridgehead atoms. The molecule has 1 aliphatic carbocycles. The van der Waals surface area contributed by atoms with Crippen LogP contribution in [0.4, 0.5) is 5.69 Å². The molecule has 0 radical (unpaired) electrons. The minimum atomic E-state index is -0.317. The summed E-state index contributed by atoms with van der Waals surface area (Å²) in [6.45, 7) is -0.0942. The average Bonchev–Trinajstić information content (AvgIpc) is 3.57. The summed E-state index contributed by atoms with van der Waals surface area (Å²) >= 11 is 3.55. The fraction of sp³-hybridized carbons (Fsp3) is 0.364. The van der Waals surface area contributed by atoms with E-state index in [-0.39, 0.29) is 30.6 Å². The smallest absolute Gasteiger partial charge is 0.259 e. The highest BCUT2D eigenvalue weighted by atomic mass is 79.9. The molecule has 1 atom stereocenters. The minimum Gasteiger partial charge on any atom is -0.493 e. The van der Waals surface area contributed by atoms with E-state index in [9.17, 15) is 9.59 Å². The predicted molar refractivity (Wildman–Crippen MR) is 117 cm³/mol. The van der Waals surface area contributed by atoms with Gasteiger partial charge in [-0.25, -0.2) is 0 Å². The van der Waals surface area contributed by atoms with Crippen molar-refractivity contribution < 1.29 is 19.1 Å². The number of nitrogens with zero attached hydrogens (tertiary/aromatic N) is 2. The zero-order chi connectivity index (χ0) is 21.4. The van der Waals surface area contributed by atoms with Crippen LogP contribution < -0.4 is 14.8 Å². The van der Waals surface area contributed by atoms with Crippen molar-refractivity contribution in [3.63, 3.8) is 0 Å². The number of anilines is 1. The normalized spacial score (nSPS) is 17.8. The lowest BCUT2D eigenvalue weighted by Crippen LogP contribution is -2.44. The van der Waals surface area contributed by atoms with E-state index >= 15 is 0 Å². The van der Waals surface area contributed by atoms with Gasteiger partial charge in [0, 0.05) is 25.8 Å². The van der Waals surface area contributed by atoms with Gasteiger partial charge in [-0.05, 0) is 58.6 Å². The van der Waals surface area contributed by atoms with Gasteiger partial charge in [0.05, 0.1) is 17.1 Å². The number of amides is 2. The lowest BCUT2D eigenvalue weighted by molar-refractivity contribution is -0.130. The molecule has 1 N–H and O–H groups in total. The summed E-state index contributed by atoms with van der Waals surface area (Å²) in [5.41, 5.74) is 2.38. The second-order valence-electron chi connectivity index (χ2n) is 7.65. The Balaban J connectivity index is 1.68. The molecule has 0 unspecified atom stereocenters. The third-order valence-electron chi connectivity index (χ3n) is 5.31. The fourth-order valence-corrected chi connectivity index (χ4v) is 4.12. The summed E-state index contributed by atoms with van der Waals surface area (Å²) < 4.78 is 11.9. The largest absolute Gasteiger partial charge is 0.493 e. The standard InChI is InChI=1S/C22H24BrN3O4/c1-25(2)19(27)12-30-20-16(23)10-13(11-18(20)29-3)21-24-17-7-5-4-6-15(17)22(28)26(21)14-8-9-14/h4-7,10-11,14,21,24H,8-9,12H2,1-3H3/t21-/m0/s1. The van der Waals surface area contributed by atoms with E-state index in [0.29, 0.717) is 21.5 Å². The molecule has 1 heterocycles. The van der Waals surface area contributed by atoms with Crippen LogP contribution in [0.1, 0.15) is 34.9 Å². The van der Waals surface area contributed by atoms with Gasteiger partial charge in [0.25, 0.3) is 11.8 Å². The van der Waals surface area contributed by atoms with Crippen molar-refractivity contribution in [1.29, 1.82) is 0 Å². The number of carbonyl (C=O) groups is 2. The molecule has 158 valence electrons. The molecule has 2 amide bonds. The van der Waals surface area contributed by atoms with Crippen molar-refractivity contribution in [2.24, 2.45) is 0 Å². The number of ether oxygens (including phenoxy) is 2. The van der Waals surface area contributed by atoms with E-state index in [1.165, 1.54) is 4.90 Å². The molecule has 0 saturated heterocycles. The van der Waals surface area contributed by atoms with Gasteiger partial charge >= 0.3 is 0 Å². The highest BCUT2D eigenvalue weighted by Crippen LogP contribution is 2.44. The topological polar surface area (TPSA) is 71.1 Å². The van der Waals surface area contributed by atoms with E-state index in [1.807, 2.05) is 41.3 Å². The summed E-state index contributed by atoms with van der Waals surface area (Å²) in [7, 11) is 4.91. The molecule has 4 rings (SSSR count). The minimum absolute atomic E-state index is 0.0313. The van der Waals surface area contributed by atoms with E-state index in [2.05, 4.69) is 21.2 Å². The van der Waals surface area contributed by atoms with Crippen LogP contribution in [0.15, 0.2) is 40.9 Å². The molecule has 0 spiro atoms. The number of fused-ring (bicyclic) bond motifs is 1. The fourth-order valence-electron chi connectivity index (χ4n) is 3.54. The number of hydrogen-bond acceptors (Lipinski definition) is 5. The van der Waals surface area contributed by atoms with Crippen LogP contribution >= 0.6 is 15.9 Å². The first kappa shape index (κ1) is 20.5. The number of carbonyl (C=O) groups excluding carboxylic acids is 2. The molecular weight excluding hydrogens is 450 g/mol. The lowest BCUT2D eigenvalue weighted by atomic mass is 10.0. The second kappa shape index (κ2) is 8.18. The third kappa shape index (κ3) is 3.84. The molecule has 7 nitrogen and oxygen atoms in total. The number of methoxy groups -OCH3 is 1. The lowest BCUT2D eigenvalue weighted by Gasteiger charge is -2.38. The molecule has 2 aromatic rings. The zero-order valence-electron chi connectivity index (χ0n) is 17.1. The van der Waals surface area contributed by atoms with Gasteiger partial charge in [-0.2, -0.15) is 0 Å². The van der Waals surface area contributed by atoms with Crippen molar-refractivity contribution in [3.8, 4) is 11.5 Å². The van der Waals surface area contributed by atoms with Crippen LogP contribution in [0.3, 0.4) is 0 Å². The Morgan fingerprint density at radius 3 is 2.67 bits per heavy atom. The Kier molecular flexibility index (Phi) is 5.60. The second-order valence-corrected chi connectivity index (χ2v) is 8.50. The quantitative estimate of drug-likeness (QED) is 0.692. The van der Waals surface area contributed by atoms with E-state index < -0.39 is 0 Å². The van der Waals surface area contributed by atoms with Crippen molar-refractivity contribution in [1.82, 2.24) is 9.80 Å². The van der Waals surface area contributed by atoms with Crippen LogP contribution in [-0.4, -0.2) is 55.5 Å². The van der Waals surface area contributed by atoms with Crippen molar-refractivity contribution in [2.45, 2.75) is 25.0 Å². The maximum absolute atomic E-state index is 13.2. The number of nitrogens with one attached hydrogen (secondary N) is 1. The van der Waals surface area contributed by atoms with Crippen LogP contribution in [-0.2, 0) is 4.79 Å². The van der Waals surface area contributed by atoms with Gasteiger partial charge in [-0.1, -0.05) is 12.1 Å². The summed E-state index contributed by atoms with van der Waals surface area (Å²) in [6.07, 6.45) is 1.68. The monoisotopic (exact) mass is 473 g/mol. The van der Waals surface area contributed by atoms with Crippen LogP contribution in [0, 0.1) is 0 Å². The van der Waals surface area contributed by atoms with E-state index in [4.69, 9.17) is 9.47 Å². The molecule has 30 heavy (non-hydrogen) atoms. The number of likely N-dealkylation sites (N-methyl/N-ethyl adjacent to an activating group) is 1. The van der Waals surface area contributed by atoms with Crippen LogP contribution in [0.2, 0.25) is 0 Å². The van der Waals surface area contributed by atoms with Gasteiger partial charge in [0.1, 0.15) is 6.17 Å². The summed E-state index contributed by atoms with van der Waals surface area (Å²) in [4.78, 5) is 28.5. The van der Waals surface area contributed by atoms with Crippen LogP contribution in [0.25, 0.3) is 0 Å². The molecule has 1 aliphatic heterocycles. The van der Waals surface area contributed by atoms with Gasteiger partial charge < -0.3 is 24.6 Å².